The Bertz CT molecular complexity index is 1420. The smallest absolute Gasteiger partial charge is 0.419 e. The molecule has 0 spiro atoms. The molecule has 230 valence electrons. The predicted molar refractivity (Wildman–Crippen MR) is 144 cm³/mol. The number of urea groups is 1. The summed E-state index contributed by atoms with van der Waals surface area (Å²) in [7, 11) is 2.35. The van der Waals surface area contributed by atoms with Crippen molar-refractivity contribution >= 4 is 24.1 Å². The van der Waals surface area contributed by atoms with Gasteiger partial charge in [0, 0.05) is 25.2 Å². The predicted octanol–water partition coefficient (Wildman–Crippen LogP) is 4.44. The summed E-state index contributed by atoms with van der Waals surface area (Å²) < 4.78 is 56.1. The van der Waals surface area contributed by atoms with E-state index in [-0.39, 0.29) is 29.1 Å². The lowest BCUT2D eigenvalue weighted by Gasteiger charge is -2.35. The third kappa shape index (κ3) is 6.17. The molecule has 10 nitrogen and oxygen atoms in total. The van der Waals surface area contributed by atoms with E-state index in [0.29, 0.717) is 24.4 Å². The van der Waals surface area contributed by atoms with E-state index in [1.165, 1.54) is 25.3 Å². The maximum Gasteiger partial charge on any atom is 0.419 e. The molecule has 2 aromatic carbocycles. The number of imide groups is 1. The zero-order valence-electron chi connectivity index (χ0n) is 23.7. The highest BCUT2D eigenvalue weighted by Crippen LogP contribution is 2.38. The second-order valence-corrected chi connectivity index (χ2v) is 11.0. The Kier molecular flexibility index (Phi) is 8.90. The fraction of sp³-hybridized carbons (Fsp3) is 0.467. The minimum absolute atomic E-state index is 0.00313. The topological polar surface area (TPSA) is 114 Å². The molecule has 43 heavy (non-hydrogen) atoms. The lowest BCUT2D eigenvalue weighted by Crippen LogP contribution is -2.48. The van der Waals surface area contributed by atoms with Gasteiger partial charge in [-0.15, -0.1) is 0 Å². The molecule has 2 saturated heterocycles. The number of rotatable bonds is 6. The molecule has 3 fully saturated rings. The van der Waals surface area contributed by atoms with Gasteiger partial charge in [-0.2, -0.15) is 0 Å². The van der Waals surface area contributed by atoms with Crippen LogP contribution in [0.5, 0.6) is 0 Å². The van der Waals surface area contributed by atoms with Gasteiger partial charge < -0.3 is 19.5 Å². The van der Waals surface area contributed by atoms with Crippen molar-refractivity contribution in [2.45, 2.75) is 62.3 Å². The molecule has 3 atom stereocenters. The normalized spacial score (nSPS) is 25.7. The zero-order valence-corrected chi connectivity index (χ0v) is 23.7. The van der Waals surface area contributed by atoms with Crippen LogP contribution < -0.4 is 5.32 Å². The molecule has 3 aliphatic rings. The third-order valence-corrected chi connectivity index (χ3v) is 8.55. The van der Waals surface area contributed by atoms with E-state index in [2.05, 4.69) is 10.2 Å². The minimum Gasteiger partial charge on any atom is -0.466 e. The quantitative estimate of drug-likeness (QED) is 0.381. The summed E-state index contributed by atoms with van der Waals surface area (Å²) in [6.45, 7) is 1.22. The number of hydrogen-bond acceptors (Lipinski definition) is 8. The Morgan fingerprint density at radius 1 is 0.930 bits per heavy atom. The first-order chi connectivity index (χ1) is 20.6. The van der Waals surface area contributed by atoms with Gasteiger partial charge in [0.25, 0.3) is 0 Å². The number of esters is 2. The molecule has 1 aliphatic carbocycles. The Labute approximate surface area is 246 Å². The van der Waals surface area contributed by atoms with E-state index in [0.717, 1.165) is 50.5 Å². The van der Waals surface area contributed by atoms with Crippen LogP contribution >= 0.6 is 0 Å². The first-order valence-electron chi connectivity index (χ1n) is 14.1. The first kappa shape index (κ1) is 30.3. The molecule has 0 aromatic heterocycles. The Morgan fingerprint density at radius 3 is 2.35 bits per heavy atom. The number of carbonyl (C=O) groups is 4. The maximum absolute atomic E-state index is 14.0. The zero-order chi connectivity index (χ0) is 30.8. The minimum atomic E-state index is -1.55. The number of halogens is 3. The standard InChI is InChI=1S/C30H32F3N3O7/c1-41-27(37)22-14-18(31)6-9-21(22)16-3-7-20(8-4-16)35-12-11-19(15-35)34-29(39)36-25(17-5-10-23(32)24(33)13-17)26(28(38)42-2)43-30(36)40/h5-6,9-10,13-14,16,19-20,25-26H,3-4,7-8,11-12,15H2,1-2H3,(H,34,39)/t16?,19-,20?,25+,26-/m1/s1. The van der Waals surface area contributed by atoms with E-state index < -0.39 is 53.7 Å². The van der Waals surface area contributed by atoms with Gasteiger partial charge in [-0.05, 0) is 73.4 Å². The van der Waals surface area contributed by atoms with Gasteiger partial charge in [0.15, 0.2) is 11.6 Å². The number of hydrogen-bond donors (Lipinski definition) is 1. The number of carbonyl (C=O) groups excluding carboxylic acids is 4. The van der Waals surface area contributed by atoms with Crippen molar-refractivity contribution in [2.75, 3.05) is 27.3 Å². The van der Waals surface area contributed by atoms with Crippen LogP contribution in [0.2, 0.25) is 0 Å². The van der Waals surface area contributed by atoms with Crippen molar-refractivity contribution in [1.82, 2.24) is 15.1 Å². The molecule has 13 heteroatoms. The highest BCUT2D eigenvalue weighted by molar-refractivity contribution is 5.96. The van der Waals surface area contributed by atoms with Crippen LogP contribution in [0, 0.1) is 17.5 Å². The molecule has 2 aromatic rings. The van der Waals surface area contributed by atoms with Gasteiger partial charge >= 0.3 is 24.1 Å². The van der Waals surface area contributed by atoms with E-state index >= 15 is 0 Å². The summed E-state index contributed by atoms with van der Waals surface area (Å²) in [4.78, 5) is 53.6. The van der Waals surface area contributed by atoms with Gasteiger partial charge in [0.1, 0.15) is 11.9 Å². The van der Waals surface area contributed by atoms with Crippen molar-refractivity contribution in [2.24, 2.45) is 0 Å². The van der Waals surface area contributed by atoms with E-state index in [1.807, 2.05) is 0 Å². The van der Waals surface area contributed by atoms with Crippen LogP contribution in [-0.2, 0) is 19.0 Å². The highest BCUT2D eigenvalue weighted by Gasteiger charge is 2.51. The molecule has 1 N–H and O–H groups in total. The van der Waals surface area contributed by atoms with Gasteiger partial charge in [-0.25, -0.2) is 37.2 Å². The molecule has 3 amide bonds. The van der Waals surface area contributed by atoms with Crippen LogP contribution in [-0.4, -0.2) is 79.4 Å². The number of benzene rings is 2. The fourth-order valence-corrected chi connectivity index (χ4v) is 6.41. The van der Waals surface area contributed by atoms with Crippen molar-refractivity contribution < 1.29 is 46.6 Å². The first-order valence-corrected chi connectivity index (χ1v) is 14.1. The number of methoxy groups -OCH3 is 2. The number of amides is 3. The summed E-state index contributed by atoms with van der Waals surface area (Å²) in [6, 6.07) is 4.77. The van der Waals surface area contributed by atoms with Crippen molar-refractivity contribution in [1.29, 1.82) is 0 Å². The summed E-state index contributed by atoms with van der Waals surface area (Å²) in [5.41, 5.74) is 1.01. The molecule has 0 unspecified atom stereocenters. The molecule has 2 heterocycles. The van der Waals surface area contributed by atoms with Crippen LogP contribution in [0.3, 0.4) is 0 Å². The molecule has 0 bridgehead atoms. The van der Waals surface area contributed by atoms with E-state index in [4.69, 9.17) is 14.2 Å². The van der Waals surface area contributed by atoms with Gasteiger partial charge in [0.05, 0.1) is 19.8 Å². The van der Waals surface area contributed by atoms with E-state index in [9.17, 15) is 32.3 Å². The fourth-order valence-electron chi connectivity index (χ4n) is 6.41. The lowest BCUT2D eigenvalue weighted by molar-refractivity contribution is -0.150. The second kappa shape index (κ2) is 12.6. The second-order valence-electron chi connectivity index (χ2n) is 11.0. The summed E-state index contributed by atoms with van der Waals surface area (Å²) in [5.74, 6) is -4.26. The van der Waals surface area contributed by atoms with Crippen LogP contribution in [0.15, 0.2) is 36.4 Å². The lowest BCUT2D eigenvalue weighted by atomic mass is 9.79. The number of ether oxygens (including phenoxy) is 3. The third-order valence-electron chi connectivity index (χ3n) is 8.55. The van der Waals surface area contributed by atoms with Gasteiger partial charge in [-0.3, -0.25) is 4.90 Å². The summed E-state index contributed by atoms with van der Waals surface area (Å²) in [6.07, 6.45) is 1.19. The molecule has 1 saturated carbocycles. The molecule has 5 rings (SSSR count). The Balaban J connectivity index is 1.22. The molecular weight excluding hydrogens is 571 g/mol. The molecular formula is C30H32F3N3O7. The molecule has 2 aliphatic heterocycles. The van der Waals surface area contributed by atoms with Crippen LogP contribution in [0.25, 0.3) is 0 Å². The summed E-state index contributed by atoms with van der Waals surface area (Å²) in [5, 5.41) is 2.83. The Morgan fingerprint density at radius 2 is 1.67 bits per heavy atom. The summed E-state index contributed by atoms with van der Waals surface area (Å²) >= 11 is 0. The number of cyclic esters (lactones) is 1. The maximum atomic E-state index is 14.0. The number of likely N-dealkylation sites (tertiary alicyclic amines) is 1. The van der Waals surface area contributed by atoms with Crippen molar-refractivity contribution in [3.63, 3.8) is 0 Å². The monoisotopic (exact) mass is 603 g/mol. The van der Waals surface area contributed by atoms with Gasteiger partial charge in [-0.1, -0.05) is 12.1 Å². The van der Waals surface area contributed by atoms with Crippen molar-refractivity contribution in [3.8, 4) is 0 Å². The average molecular weight is 604 g/mol. The van der Waals surface area contributed by atoms with Crippen LogP contribution in [0.1, 0.15) is 65.5 Å². The van der Waals surface area contributed by atoms with Gasteiger partial charge in [0.2, 0.25) is 6.10 Å². The molecule has 0 radical (unpaired) electrons. The average Bonchev–Trinajstić information content (AvgIpc) is 3.62. The number of nitrogens with zero attached hydrogens (tertiary/aromatic N) is 2. The van der Waals surface area contributed by atoms with Crippen LogP contribution in [0.4, 0.5) is 22.8 Å². The highest BCUT2D eigenvalue weighted by atomic mass is 19.2. The van der Waals surface area contributed by atoms with E-state index in [1.54, 1.807) is 6.07 Å². The number of nitrogens with one attached hydrogen (secondary N) is 1. The Hall–Kier alpha value is -4.13. The van der Waals surface area contributed by atoms with Crippen molar-refractivity contribution in [3.05, 3.63) is 70.5 Å². The SMILES string of the molecule is COC(=O)c1cc(F)ccc1C1CCC(N2CC[C@@H](NC(=O)N3C(=O)O[C@@H](C(=O)OC)[C@@H]3c3ccc(F)c(F)c3)C2)CC1. The largest absolute Gasteiger partial charge is 0.466 e.